The van der Waals surface area contributed by atoms with Gasteiger partial charge in [-0.3, -0.25) is 9.59 Å². The molecule has 0 unspecified atom stereocenters. The number of ether oxygens (including phenoxy) is 1. The van der Waals surface area contributed by atoms with E-state index in [1.54, 1.807) is 27.3 Å². The lowest BCUT2D eigenvalue weighted by Gasteiger charge is -2.09. The first-order valence-corrected chi connectivity index (χ1v) is 11.7. The van der Waals surface area contributed by atoms with Gasteiger partial charge in [0, 0.05) is 28.2 Å². The average Bonchev–Trinajstić information content (AvgIpc) is 3.44. The minimum Gasteiger partial charge on any atom is -0.733 e. The second-order valence-corrected chi connectivity index (χ2v) is 8.72. The Balaban J connectivity index is 1.70. The number of hydrogen-bond acceptors (Lipinski definition) is 6. The molecule has 8 nitrogen and oxygen atoms in total. The Morgan fingerprint density at radius 1 is 1.17 bits per heavy atom. The van der Waals surface area contributed by atoms with E-state index in [0.717, 1.165) is 4.88 Å². The molecule has 182 valence electrons. The molecule has 3 N–H and O–H groups in total. The number of nitrogens with one attached hydrogen (secondary N) is 2. The minimum absolute atomic E-state index is 0.0316. The summed E-state index contributed by atoms with van der Waals surface area (Å²) in [5.74, 6) is -0.903. The number of fused-ring (bicyclic) bond motifs is 1. The molecule has 0 aliphatic heterocycles. The Morgan fingerprint density at radius 2 is 1.94 bits per heavy atom. The van der Waals surface area contributed by atoms with Gasteiger partial charge in [-0.15, -0.1) is 11.3 Å². The molecule has 0 spiro atoms. The fourth-order valence-electron chi connectivity index (χ4n) is 3.46. The minimum atomic E-state index is -2.94. The number of aromatic nitrogens is 2. The van der Waals surface area contributed by atoms with Gasteiger partial charge in [0.25, 0.3) is 17.5 Å². The third-order valence-corrected chi connectivity index (χ3v) is 6.28. The molecule has 0 radical (unpaired) electrons. The van der Waals surface area contributed by atoms with E-state index in [1.165, 1.54) is 35.6 Å². The summed E-state index contributed by atoms with van der Waals surface area (Å²) in [5, 5.41) is 16.5. The maximum Gasteiger partial charge on any atom is 0.387 e. The van der Waals surface area contributed by atoms with Crippen LogP contribution in [0.1, 0.15) is 25.7 Å². The number of nitrogens with zero attached hydrogens (tertiary/aromatic N) is 2. The normalized spacial score (nSPS) is 11.1. The molecule has 4 aromatic rings. The Bertz CT molecular complexity index is 1340. The third kappa shape index (κ3) is 5.56. The molecule has 1 aromatic carbocycles. The van der Waals surface area contributed by atoms with E-state index in [1.807, 2.05) is 17.5 Å². The SMILES string of the molecule is O=C(NCCO)c1ccn2c(C(=O)Nc3ccc(OC(F)F)cc3)c([S-])[n+](Cc3cccs3)c2c1. The van der Waals surface area contributed by atoms with Gasteiger partial charge in [-0.1, -0.05) is 6.07 Å². The van der Waals surface area contributed by atoms with E-state index < -0.39 is 12.5 Å². The molecule has 0 aliphatic carbocycles. The number of hydrogen-bond donors (Lipinski definition) is 3. The number of benzene rings is 1. The molecule has 2 amide bonds. The van der Waals surface area contributed by atoms with Crippen molar-refractivity contribution in [3.05, 3.63) is 76.2 Å². The number of alkyl halides is 2. The lowest BCUT2D eigenvalue weighted by atomic mass is 10.2. The molecule has 0 aliphatic rings. The molecule has 3 aromatic heterocycles. The smallest absolute Gasteiger partial charge is 0.387 e. The largest absolute Gasteiger partial charge is 0.733 e. The van der Waals surface area contributed by atoms with E-state index in [4.69, 9.17) is 17.7 Å². The van der Waals surface area contributed by atoms with Crippen LogP contribution in [0.25, 0.3) is 5.65 Å². The Labute approximate surface area is 208 Å². The van der Waals surface area contributed by atoms with E-state index in [0.29, 0.717) is 23.4 Å². The van der Waals surface area contributed by atoms with Crippen molar-refractivity contribution in [1.82, 2.24) is 9.72 Å². The van der Waals surface area contributed by atoms with Crippen molar-refractivity contribution >= 4 is 47.1 Å². The van der Waals surface area contributed by atoms with Gasteiger partial charge in [0.15, 0.2) is 0 Å². The lowest BCUT2D eigenvalue weighted by Crippen LogP contribution is -2.36. The highest BCUT2D eigenvalue weighted by molar-refractivity contribution is 7.58. The van der Waals surface area contributed by atoms with E-state index >= 15 is 0 Å². The van der Waals surface area contributed by atoms with Crippen molar-refractivity contribution in [2.45, 2.75) is 18.2 Å². The van der Waals surface area contributed by atoms with Gasteiger partial charge in [-0.05, 0) is 41.8 Å². The van der Waals surface area contributed by atoms with Crippen LogP contribution in [0.4, 0.5) is 14.5 Å². The molecule has 4 rings (SSSR count). The van der Waals surface area contributed by atoms with Crippen molar-refractivity contribution in [3.63, 3.8) is 0 Å². The van der Waals surface area contributed by atoms with Crippen LogP contribution in [-0.2, 0) is 19.2 Å². The molecule has 0 bridgehead atoms. The molecule has 3 heterocycles. The number of carbonyl (C=O) groups is 2. The summed E-state index contributed by atoms with van der Waals surface area (Å²) >= 11 is 7.19. The standard InChI is InChI=1S/C23H20F2N4O4S2/c24-23(25)33-16-5-3-15(4-6-16)27-21(32)19-22(34)29(13-17-2-1-11-35-17)18-12-14(7-9-28(18)19)20(31)26-8-10-30/h1-7,9,11-12,23,30H,8,10,13H2,(H2-,26,27,31,32,34). The molecule has 0 fully saturated rings. The van der Waals surface area contributed by atoms with Crippen LogP contribution in [0.5, 0.6) is 5.75 Å². The first-order chi connectivity index (χ1) is 16.9. The van der Waals surface area contributed by atoms with Crippen LogP contribution >= 0.6 is 11.3 Å². The van der Waals surface area contributed by atoms with E-state index in [-0.39, 0.29) is 35.5 Å². The monoisotopic (exact) mass is 518 g/mol. The van der Waals surface area contributed by atoms with Crippen LogP contribution in [-0.4, -0.2) is 41.1 Å². The van der Waals surface area contributed by atoms with E-state index in [2.05, 4.69) is 15.4 Å². The highest BCUT2D eigenvalue weighted by Crippen LogP contribution is 2.20. The number of aliphatic hydroxyl groups excluding tert-OH is 1. The van der Waals surface area contributed by atoms with Gasteiger partial charge in [0.1, 0.15) is 12.3 Å². The quantitative estimate of drug-likeness (QED) is 0.234. The Hall–Kier alpha value is -3.61. The van der Waals surface area contributed by atoms with Crippen LogP contribution in [0.3, 0.4) is 0 Å². The molecule has 12 heteroatoms. The summed E-state index contributed by atoms with van der Waals surface area (Å²) in [6.45, 7) is -2.62. The van der Waals surface area contributed by atoms with Gasteiger partial charge in [0.05, 0.1) is 18.4 Å². The number of thiophene rings is 1. The van der Waals surface area contributed by atoms with Crippen LogP contribution < -0.4 is 19.9 Å². The maximum atomic E-state index is 13.2. The molecule has 0 saturated heterocycles. The Kier molecular flexibility index (Phi) is 7.54. The predicted molar refractivity (Wildman–Crippen MR) is 127 cm³/mol. The fraction of sp³-hybridized carbons (Fsp3) is 0.174. The zero-order chi connectivity index (χ0) is 24.9. The van der Waals surface area contributed by atoms with Gasteiger partial charge in [-0.25, -0.2) is 4.57 Å². The number of halogens is 2. The van der Waals surface area contributed by atoms with Gasteiger partial charge in [-0.2, -0.15) is 13.2 Å². The van der Waals surface area contributed by atoms with Gasteiger partial charge >= 0.3 is 6.61 Å². The topological polar surface area (TPSA) is 96.0 Å². The predicted octanol–water partition coefficient (Wildman–Crippen LogP) is 2.82. The third-order valence-electron chi connectivity index (χ3n) is 5.01. The first kappa shape index (κ1) is 24.5. The number of pyridine rings is 1. The van der Waals surface area contributed by atoms with Crippen molar-refractivity contribution < 1.29 is 32.8 Å². The summed E-state index contributed by atoms with van der Waals surface area (Å²) in [6.07, 6.45) is 1.58. The number of aliphatic hydroxyl groups is 1. The van der Waals surface area contributed by atoms with Crippen molar-refractivity contribution in [3.8, 4) is 5.75 Å². The maximum absolute atomic E-state index is 13.2. The zero-order valence-corrected chi connectivity index (χ0v) is 19.7. The highest BCUT2D eigenvalue weighted by Gasteiger charge is 2.26. The van der Waals surface area contributed by atoms with Crippen molar-refractivity contribution in [2.75, 3.05) is 18.5 Å². The number of anilines is 1. The molecule has 0 atom stereocenters. The summed E-state index contributed by atoms with van der Waals surface area (Å²) in [5.41, 5.74) is 1.43. The number of imidazole rings is 1. The summed E-state index contributed by atoms with van der Waals surface area (Å²) < 4.78 is 32.4. The van der Waals surface area contributed by atoms with Gasteiger partial charge < -0.3 is 33.1 Å². The van der Waals surface area contributed by atoms with Crippen LogP contribution in [0, 0.1) is 0 Å². The zero-order valence-electron chi connectivity index (χ0n) is 18.1. The number of amides is 2. The Morgan fingerprint density at radius 3 is 2.60 bits per heavy atom. The van der Waals surface area contributed by atoms with Gasteiger partial charge in [0.2, 0.25) is 5.69 Å². The lowest BCUT2D eigenvalue weighted by molar-refractivity contribution is -0.697. The van der Waals surface area contributed by atoms with Crippen LogP contribution in [0.15, 0.2) is 65.1 Å². The fourth-order valence-corrected chi connectivity index (χ4v) is 4.50. The summed E-state index contributed by atoms with van der Waals surface area (Å²) in [6, 6.07) is 12.6. The molecule has 35 heavy (non-hydrogen) atoms. The summed E-state index contributed by atoms with van der Waals surface area (Å²) in [4.78, 5) is 26.7. The first-order valence-electron chi connectivity index (χ1n) is 10.4. The van der Waals surface area contributed by atoms with Crippen LogP contribution in [0.2, 0.25) is 0 Å². The second kappa shape index (κ2) is 10.8. The summed E-state index contributed by atoms with van der Waals surface area (Å²) in [7, 11) is 0. The molecular formula is C23H20F2N4O4S2. The number of carbonyl (C=O) groups excluding carboxylic acids is 2. The highest BCUT2D eigenvalue weighted by atomic mass is 32.1. The second-order valence-electron chi connectivity index (χ2n) is 7.30. The van der Waals surface area contributed by atoms with Crippen molar-refractivity contribution in [1.29, 1.82) is 0 Å². The van der Waals surface area contributed by atoms with Crippen molar-refractivity contribution in [2.24, 2.45) is 0 Å². The number of rotatable bonds is 9. The molecular weight excluding hydrogens is 498 g/mol. The molecule has 0 saturated carbocycles. The average molecular weight is 519 g/mol. The van der Waals surface area contributed by atoms with E-state index in [9.17, 15) is 18.4 Å².